The van der Waals surface area contributed by atoms with Crippen molar-refractivity contribution >= 4 is 17.4 Å². The number of aromatic nitrogens is 1. The topological polar surface area (TPSA) is 83.5 Å². The van der Waals surface area contributed by atoms with Crippen LogP contribution in [-0.2, 0) is 0 Å². The molecule has 1 atom stereocenters. The molecule has 0 fully saturated rings. The van der Waals surface area contributed by atoms with Gasteiger partial charge in [-0.1, -0.05) is 12.1 Å². The zero-order valence-electron chi connectivity index (χ0n) is 11.8. The van der Waals surface area contributed by atoms with Crippen molar-refractivity contribution < 1.29 is 14.6 Å². The number of carbonyl (C=O) groups excluding carboxylic acids is 1. The molecule has 0 saturated carbocycles. The molecule has 6 heteroatoms. The van der Waals surface area contributed by atoms with Crippen molar-refractivity contribution in [3.8, 4) is 5.88 Å². The summed E-state index contributed by atoms with van der Waals surface area (Å²) in [6, 6.07) is 9.97. The number of aliphatic hydroxyl groups is 1. The minimum atomic E-state index is -0.529. The van der Waals surface area contributed by atoms with Crippen LogP contribution < -0.4 is 15.4 Å². The lowest BCUT2D eigenvalue weighted by Gasteiger charge is -2.09. The van der Waals surface area contributed by atoms with Gasteiger partial charge in [0.15, 0.2) is 0 Å². The summed E-state index contributed by atoms with van der Waals surface area (Å²) in [5.74, 6) is 0.481. The van der Waals surface area contributed by atoms with Gasteiger partial charge in [0.1, 0.15) is 0 Å². The minimum Gasteiger partial charge on any atom is -0.481 e. The Hall–Kier alpha value is -2.60. The number of carbonyl (C=O) groups is 1. The van der Waals surface area contributed by atoms with Crippen LogP contribution in [0.1, 0.15) is 18.6 Å². The Morgan fingerprint density at radius 2 is 1.76 bits per heavy atom. The Labute approximate surface area is 122 Å². The summed E-state index contributed by atoms with van der Waals surface area (Å²) in [5, 5.41) is 14.8. The fourth-order valence-corrected chi connectivity index (χ4v) is 1.71. The Morgan fingerprint density at radius 3 is 2.29 bits per heavy atom. The summed E-state index contributed by atoms with van der Waals surface area (Å²) in [5.41, 5.74) is 1.99. The SMILES string of the molecule is COc1ccc(NC(=O)Nc2ccc(C(C)O)cc2)cn1. The summed E-state index contributed by atoms with van der Waals surface area (Å²) in [4.78, 5) is 15.8. The number of urea groups is 1. The van der Waals surface area contributed by atoms with Crippen LogP contribution in [0.4, 0.5) is 16.2 Å². The van der Waals surface area contributed by atoms with Gasteiger partial charge in [-0.05, 0) is 30.7 Å². The molecule has 0 saturated heterocycles. The van der Waals surface area contributed by atoms with E-state index in [1.165, 1.54) is 13.3 Å². The lowest BCUT2D eigenvalue weighted by molar-refractivity contribution is 0.199. The van der Waals surface area contributed by atoms with Crippen molar-refractivity contribution in [1.29, 1.82) is 0 Å². The first kappa shape index (κ1) is 14.8. The van der Waals surface area contributed by atoms with Crippen molar-refractivity contribution in [2.75, 3.05) is 17.7 Å². The first-order valence-electron chi connectivity index (χ1n) is 6.44. The number of nitrogens with one attached hydrogen (secondary N) is 2. The molecule has 21 heavy (non-hydrogen) atoms. The molecule has 110 valence electrons. The van der Waals surface area contributed by atoms with E-state index in [1.807, 2.05) is 0 Å². The van der Waals surface area contributed by atoms with Gasteiger partial charge in [0.2, 0.25) is 5.88 Å². The summed E-state index contributed by atoms with van der Waals surface area (Å²) in [6.07, 6.45) is 0.979. The van der Waals surface area contributed by atoms with E-state index in [0.29, 0.717) is 17.3 Å². The van der Waals surface area contributed by atoms with Gasteiger partial charge in [0.25, 0.3) is 0 Å². The maximum absolute atomic E-state index is 11.8. The minimum absolute atomic E-state index is 0.369. The van der Waals surface area contributed by atoms with Crippen molar-refractivity contribution in [2.45, 2.75) is 13.0 Å². The average molecular weight is 287 g/mol. The van der Waals surface area contributed by atoms with Crippen LogP contribution in [0, 0.1) is 0 Å². The number of hydrogen-bond acceptors (Lipinski definition) is 4. The lowest BCUT2D eigenvalue weighted by Crippen LogP contribution is -2.19. The number of amides is 2. The van der Waals surface area contributed by atoms with Crippen LogP contribution in [0.5, 0.6) is 5.88 Å². The Bertz CT molecular complexity index is 595. The van der Waals surface area contributed by atoms with E-state index in [4.69, 9.17) is 4.74 Å². The third kappa shape index (κ3) is 4.19. The number of pyridine rings is 1. The number of nitrogens with zero attached hydrogens (tertiary/aromatic N) is 1. The number of methoxy groups -OCH3 is 1. The predicted molar refractivity (Wildman–Crippen MR) is 80.5 cm³/mol. The Kier molecular flexibility index (Phi) is 4.73. The molecular weight excluding hydrogens is 270 g/mol. The molecule has 0 aliphatic rings. The summed E-state index contributed by atoms with van der Waals surface area (Å²) in [6.45, 7) is 1.69. The maximum Gasteiger partial charge on any atom is 0.323 e. The van der Waals surface area contributed by atoms with Crippen molar-refractivity contribution in [2.24, 2.45) is 0 Å². The van der Waals surface area contributed by atoms with Gasteiger partial charge in [-0.15, -0.1) is 0 Å². The molecule has 2 rings (SSSR count). The van der Waals surface area contributed by atoms with Crippen molar-refractivity contribution in [3.63, 3.8) is 0 Å². The van der Waals surface area contributed by atoms with Crippen LogP contribution in [0.25, 0.3) is 0 Å². The van der Waals surface area contributed by atoms with Crippen LogP contribution in [-0.4, -0.2) is 23.2 Å². The lowest BCUT2D eigenvalue weighted by atomic mass is 10.1. The Morgan fingerprint density at radius 1 is 1.14 bits per heavy atom. The summed E-state index contributed by atoms with van der Waals surface area (Å²) in [7, 11) is 1.53. The fraction of sp³-hybridized carbons (Fsp3) is 0.200. The van der Waals surface area contributed by atoms with Crippen LogP contribution >= 0.6 is 0 Å². The highest BCUT2D eigenvalue weighted by molar-refractivity contribution is 5.99. The first-order chi connectivity index (χ1) is 10.1. The molecule has 3 N–H and O–H groups in total. The summed E-state index contributed by atoms with van der Waals surface area (Å²) >= 11 is 0. The van der Waals surface area contributed by atoms with E-state index < -0.39 is 6.10 Å². The zero-order chi connectivity index (χ0) is 15.2. The Balaban J connectivity index is 1.94. The highest BCUT2D eigenvalue weighted by Gasteiger charge is 2.05. The number of ether oxygens (including phenoxy) is 1. The molecule has 0 aliphatic carbocycles. The van der Waals surface area contributed by atoms with E-state index in [1.54, 1.807) is 43.3 Å². The molecule has 0 spiro atoms. The quantitative estimate of drug-likeness (QED) is 0.807. The third-order valence-corrected chi connectivity index (χ3v) is 2.85. The molecule has 1 unspecified atom stereocenters. The molecule has 1 aromatic carbocycles. The monoisotopic (exact) mass is 287 g/mol. The van der Waals surface area contributed by atoms with Crippen LogP contribution in [0.2, 0.25) is 0 Å². The molecule has 1 aromatic heterocycles. The number of benzene rings is 1. The van der Waals surface area contributed by atoms with Gasteiger partial charge in [-0.2, -0.15) is 0 Å². The normalized spacial score (nSPS) is 11.6. The smallest absolute Gasteiger partial charge is 0.323 e. The van der Waals surface area contributed by atoms with Gasteiger partial charge in [-0.25, -0.2) is 9.78 Å². The van der Waals surface area contributed by atoms with Gasteiger partial charge in [-0.3, -0.25) is 0 Å². The van der Waals surface area contributed by atoms with Gasteiger partial charge < -0.3 is 20.5 Å². The molecule has 2 aromatic rings. The second kappa shape index (κ2) is 6.71. The molecule has 2 amide bonds. The van der Waals surface area contributed by atoms with E-state index in [9.17, 15) is 9.90 Å². The highest BCUT2D eigenvalue weighted by atomic mass is 16.5. The standard InChI is InChI=1S/C15H17N3O3/c1-10(19)11-3-5-12(6-4-11)17-15(20)18-13-7-8-14(21-2)16-9-13/h3-10,19H,1-2H3,(H2,17,18,20). The predicted octanol–water partition coefficient (Wildman–Crippen LogP) is 2.79. The molecule has 0 aliphatic heterocycles. The first-order valence-corrected chi connectivity index (χ1v) is 6.44. The fourth-order valence-electron chi connectivity index (χ4n) is 1.71. The molecular formula is C15H17N3O3. The van der Waals surface area contributed by atoms with Crippen molar-refractivity contribution in [3.05, 3.63) is 48.2 Å². The molecule has 0 radical (unpaired) electrons. The van der Waals surface area contributed by atoms with E-state index in [-0.39, 0.29) is 6.03 Å². The van der Waals surface area contributed by atoms with E-state index in [0.717, 1.165) is 5.56 Å². The van der Waals surface area contributed by atoms with Crippen molar-refractivity contribution in [1.82, 2.24) is 4.98 Å². The maximum atomic E-state index is 11.8. The number of rotatable bonds is 4. The average Bonchev–Trinajstić information content (AvgIpc) is 2.48. The zero-order valence-corrected chi connectivity index (χ0v) is 11.8. The number of hydrogen-bond donors (Lipinski definition) is 3. The van der Waals surface area contributed by atoms with Crippen LogP contribution in [0.3, 0.4) is 0 Å². The molecule has 0 bridgehead atoms. The summed E-state index contributed by atoms with van der Waals surface area (Å²) < 4.78 is 4.94. The molecule has 6 nitrogen and oxygen atoms in total. The largest absolute Gasteiger partial charge is 0.481 e. The molecule has 1 heterocycles. The van der Waals surface area contributed by atoms with Gasteiger partial charge >= 0.3 is 6.03 Å². The third-order valence-electron chi connectivity index (χ3n) is 2.85. The van der Waals surface area contributed by atoms with E-state index in [2.05, 4.69) is 15.6 Å². The number of aliphatic hydroxyl groups excluding tert-OH is 1. The second-order valence-electron chi connectivity index (χ2n) is 4.47. The number of anilines is 2. The van der Waals surface area contributed by atoms with E-state index >= 15 is 0 Å². The highest BCUT2D eigenvalue weighted by Crippen LogP contribution is 2.16. The second-order valence-corrected chi connectivity index (χ2v) is 4.47. The van der Waals surface area contributed by atoms with Gasteiger partial charge in [0.05, 0.1) is 25.1 Å². The van der Waals surface area contributed by atoms with Gasteiger partial charge in [0, 0.05) is 11.8 Å². The van der Waals surface area contributed by atoms with Crippen LogP contribution in [0.15, 0.2) is 42.6 Å².